The Morgan fingerprint density at radius 1 is 1.14 bits per heavy atom. The normalized spacial score (nSPS) is 11.9. The second-order valence-corrected chi connectivity index (χ2v) is 8.55. The lowest BCUT2D eigenvalue weighted by molar-refractivity contribution is -0.122. The summed E-state index contributed by atoms with van der Waals surface area (Å²) < 4.78 is 39.2. The number of benzene rings is 2. The Morgan fingerprint density at radius 3 is 2.48 bits per heavy atom. The van der Waals surface area contributed by atoms with Crippen LogP contribution in [0.25, 0.3) is 0 Å². The molecule has 29 heavy (non-hydrogen) atoms. The molecule has 0 radical (unpaired) electrons. The summed E-state index contributed by atoms with van der Waals surface area (Å²) in [6.07, 6.45) is 0. The molecule has 10 heteroatoms. The van der Waals surface area contributed by atoms with Crippen LogP contribution in [-0.2, 0) is 20.4 Å². The van der Waals surface area contributed by atoms with Crippen LogP contribution in [-0.4, -0.2) is 38.6 Å². The van der Waals surface area contributed by atoms with Gasteiger partial charge in [0.05, 0.1) is 22.6 Å². The molecule has 1 unspecified atom stereocenters. The highest BCUT2D eigenvalue weighted by Crippen LogP contribution is 2.20. The Morgan fingerprint density at radius 2 is 1.83 bits per heavy atom. The smallest absolute Gasteiger partial charge is 0.251 e. The summed E-state index contributed by atoms with van der Waals surface area (Å²) in [5, 5.41) is 13.0. The third-order valence-corrected chi connectivity index (χ3v) is 5.71. The van der Waals surface area contributed by atoms with Gasteiger partial charge in [0, 0.05) is 11.1 Å². The first-order valence-electron chi connectivity index (χ1n) is 8.37. The number of hydrogen-bond donors (Lipinski definition) is 2. The van der Waals surface area contributed by atoms with Crippen LogP contribution in [0.15, 0.2) is 48.5 Å². The molecule has 1 atom stereocenters. The average Bonchev–Trinajstić information content (AvgIpc) is 2.69. The second kappa shape index (κ2) is 10.0. The first-order chi connectivity index (χ1) is 13.7. The summed E-state index contributed by atoms with van der Waals surface area (Å²) in [6, 6.07) is 12.1. The van der Waals surface area contributed by atoms with Crippen molar-refractivity contribution >= 4 is 33.3 Å². The summed E-state index contributed by atoms with van der Waals surface area (Å²) in [5.41, 5.74) is 0.0759. The van der Waals surface area contributed by atoms with Crippen molar-refractivity contribution in [2.24, 2.45) is 0 Å². The predicted molar refractivity (Wildman–Crippen MR) is 105 cm³/mol. The summed E-state index contributed by atoms with van der Waals surface area (Å²) in [5.74, 6) is -3.86. The largest absolute Gasteiger partial charge is 0.341 e. The van der Waals surface area contributed by atoms with E-state index in [1.165, 1.54) is 30.3 Å². The van der Waals surface area contributed by atoms with Crippen molar-refractivity contribution < 1.29 is 22.4 Å². The minimum atomic E-state index is -4.03. The van der Waals surface area contributed by atoms with Crippen molar-refractivity contribution in [2.45, 2.75) is 11.8 Å². The van der Waals surface area contributed by atoms with Gasteiger partial charge in [-0.3, -0.25) is 9.59 Å². The van der Waals surface area contributed by atoms with E-state index in [0.29, 0.717) is 0 Å². The summed E-state index contributed by atoms with van der Waals surface area (Å²) in [4.78, 5) is 24.6. The molecular weight excluding hydrogens is 421 g/mol. The number of nitrogens with zero attached hydrogens (tertiary/aromatic N) is 1. The van der Waals surface area contributed by atoms with E-state index in [0.717, 1.165) is 0 Å². The summed E-state index contributed by atoms with van der Waals surface area (Å²) >= 11 is 5.67. The molecule has 0 aliphatic carbocycles. The average molecular weight is 438 g/mol. The summed E-state index contributed by atoms with van der Waals surface area (Å²) in [7, 11) is -4.03. The molecule has 0 bridgehead atoms. The van der Waals surface area contributed by atoms with Crippen molar-refractivity contribution in [3.63, 3.8) is 0 Å². The molecule has 0 aliphatic heterocycles. The number of amides is 2. The minimum Gasteiger partial charge on any atom is -0.341 e. The van der Waals surface area contributed by atoms with Gasteiger partial charge in [0.2, 0.25) is 5.91 Å². The Bertz CT molecular complexity index is 1040. The predicted octanol–water partition coefficient (Wildman–Crippen LogP) is 1.83. The van der Waals surface area contributed by atoms with Gasteiger partial charge in [-0.15, -0.1) is 0 Å². The van der Waals surface area contributed by atoms with E-state index in [4.69, 9.17) is 16.9 Å². The van der Waals surface area contributed by atoms with Gasteiger partial charge in [0.15, 0.2) is 9.84 Å². The topological polar surface area (TPSA) is 116 Å². The lowest BCUT2D eigenvalue weighted by Gasteiger charge is -2.18. The molecule has 0 saturated carbocycles. The molecule has 152 valence electrons. The maximum atomic E-state index is 14.0. The fourth-order valence-electron chi connectivity index (χ4n) is 2.47. The Labute approximate surface area is 172 Å². The van der Waals surface area contributed by atoms with Crippen LogP contribution in [0.5, 0.6) is 0 Å². The third kappa shape index (κ3) is 6.55. The number of nitrogens with one attached hydrogen (secondary N) is 2. The number of halogens is 2. The molecule has 0 heterocycles. The van der Waals surface area contributed by atoms with Crippen molar-refractivity contribution in [2.75, 3.05) is 12.3 Å². The zero-order valence-electron chi connectivity index (χ0n) is 15.1. The zero-order chi connectivity index (χ0) is 21.4. The van der Waals surface area contributed by atoms with Gasteiger partial charge in [-0.05, 0) is 18.2 Å². The van der Waals surface area contributed by atoms with E-state index >= 15 is 0 Å². The molecule has 0 fully saturated rings. The zero-order valence-corrected chi connectivity index (χ0v) is 16.6. The van der Waals surface area contributed by atoms with Gasteiger partial charge in [0.25, 0.3) is 5.91 Å². The van der Waals surface area contributed by atoms with Crippen LogP contribution in [0.3, 0.4) is 0 Å². The molecule has 2 rings (SSSR count). The van der Waals surface area contributed by atoms with Crippen molar-refractivity contribution in [1.82, 2.24) is 10.6 Å². The second-order valence-electron chi connectivity index (χ2n) is 6.04. The number of nitriles is 1. The molecule has 2 amide bonds. The van der Waals surface area contributed by atoms with Gasteiger partial charge in [0.1, 0.15) is 18.4 Å². The minimum absolute atomic E-state index is 0.150. The molecule has 2 aromatic carbocycles. The van der Waals surface area contributed by atoms with E-state index < -0.39 is 45.0 Å². The highest BCUT2D eigenvalue weighted by molar-refractivity contribution is 7.90. The van der Waals surface area contributed by atoms with Crippen LogP contribution in [0, 0.1) is 17.1 Å². The quantitative estimate of drug-likeness (QED) is 0.611. The maximum Gasteiger partial charge on any atom is 0.251 e. The van der Waals surface area contributed by atoms with Crippen LogP contribution in [0.1, 0.15) is 15.9 Å². The lowest BCUT2D eigenvalue weighted by atomic mass is 10.2. The molecule has 2 N–H and O–H groups in total. The molecule has 2 aromatic rings. The van der Waals surface area contributed by atoms with E-state index in [2.05, 4.69) is 10.6 Å². The fraction of sp³-hybridized carbons (Fsp3) is 0.211. The van der Waals surface area contributed by atoms with E-state index in [9.17, 15) is 22.4 Å². The number of carbonyl (C=O) groups is 2. The van der Waals surface area contributed by atoms with Crippen LogP contribution in [0.2, 0.25) is 5.02 Å². The van der Waals surface area contributed by atoms with Crippen molar-refractivity contribution in [3.05, 3.63) is 70.5 Å². The highest BCUT2D eigenvalue weighted by Gasteiger charge is 2.28. The molecule has 0 aliphatic rings. The van der Waals surface area contributed by atoms with E-state index in [1.54, 1.807) is 24.3 Å². The number of rotatable bonds is 8. The third-order valence-electron chi connectivity index (χ3n) is 3.83. The van der Waals surface area contributed by atoms with Crippen molar-refractivity contribution in [1.29, 1.82) is 5.26 Å². The molecular formula is C19H17ClFN3O4S. The Hall–Kier alpha value is -2.96. The standard InChI is InChI=1S/C19H17ClFN3O4S/c20-15-8-4-7-14(17(15)21)11-29(27,28)12-16(19(26)23-10-9-22)24-18(25)13-5-2-1-3-6-13/h1-8,16H,10-12H2,(H,23,26)(H,24,25). The Kier molecular flexibility index (Phi) is 7.70. The fourth-order valence-corrected chi connectivity index (χ4v) is 4.22. The maximum absolute atomic E-state index is 14.0. The van der Waals surface area contributed by atoms with Crippen molar-refractivity contribution in [3.8, 4) is 6.07 Å². The molecule has 7 nitrogen and oxygen atoms in total. The highest BCUT2D eigenvalue weighted by atomic mass is 35.5. The number of hydrogen-bond acceptors (Lipinski definition) is 5. The van der Waals surface area contributed by atoms with Crippen LogP contribution in [0.4, 0.5) is 4.39 Å². The first-order valence-corrected chi connectivity index (χ1v) is 10.6. The van der Waals surface area contributed by atoms with E-state index in [-0.39, 0.29) is 22.7 Å². The lowest BCUT2D eigenvalue weighted by Crippen LogP contribution is -2.50. The van der Waals surface area contributed by atoms with Gasteiger partial charge in [-0.25, -0.2) is 12.8 Å². The number of carbonyl (C=O) groups excluding carboxylic acids is 2. The molecule has 0 aromatic heterocycles. The Balaban J connectivity index is 2.21. The van der Waals surface area contributed by atoms with E-state index in [1.807, 2.05) is 0 Å². The number of sulfone groups is 1. The van der Waals surface area contributed by atoms with Gasteiger partial charge in [-0.1, -0.05) is 41.9 Å². The molecule has 0 spiro atoms. The first kappa shape index (κ1) is 22.3. The SMILES string of the molecule is N#CCNC(=O)C(CS(=O)(=O)Cc1cccc(Cl)c1F)NC(=O)c1ccccc1. The van der Waals surface area contributed by atoms with Crippen LogP contribution < -0.4 is 10.6 Å². The monoisotopic (exact) mass is 437 g/mol. The van der Waals surface area contributed by atoms with Gasteiger partial charge >= 0.3 is 0 Å². The summed E-state index contributed by atoms with van der Waals surface area (Å²) in [6.45, 7) is -0.362. The van der Waals surface area contributed by atoms with Gasteiger partial charge in [-0.2, -0.15) is 5.26 Å². The van der Waals surface area contributed by atoms with Gasteiger partial charge < -0.3 is 10.6 Å². The molecule has 0 saturated heterocycles. The van der Waals surface area contributed by atoms with Crippen LogP contribution >= 0.6 is 11.6 Å².